The quantitative estimate of drug-likeness (QED) is 0.617. The molecule has 2 nitrogen and oxygen atoms in total. The van der Waals surface area contributed by atoms with Crippen molar-refractivity contribution >= 4 is 5.91 Å². The smallest absolute Gasteiger partial charge is 0.246 e. The Morgan fingerprint density at radius 1 is 1.14 bits per heavy atom. The summed E-state index contributed by atoms with van der Waals surface area (Å²) in [5, 5.41) is 0. The molecule has 1 amide bonds. The highest BCUT2D eigenvalue weighted by atomic mass is 16.2. The van der Waals surface area contributed by atoms with Crippen LogP contribution in [0.25, 0.3) is 0 Å². The van der Waals surface area contributed by atoms with Crippen molar-refractivity contribution in [1.29, 1.82) is 0 Å². The second-order valence-electron chi connectivity index (χ2n) is 8.94. The molecule has 0 aromatic carbocycles. The Bertz CT molecular complexity index is 526. The van der Waals surface area contributed by atoms with Crippen LogP contribution in [0.5, 0.6) is 0 Å². The number of carbonyl (C=O) groups is 1. The Morgan fingerprint density at radius 3 is 2.68 bits per heavy atom. The SMILES string of the molecule is [CH2-]C1CCC2C3CC[C@H]4N(C)C(=O)C=CC4(C)C3CCC12C. The van der Waals surface area contributed by atoms with E-state index >= 15 is 0 Å². The van der Waals surface area contributed by atoms with Crippen LogP contribution in [0.1, 0.15) is 52.4 Å². The number of hydrogen-bond donors (Lipinski definition) is 0. The minimum Gasteiger partial charge on any atom is -0.340 e. The van der Waals surface area contributed by atoms with Crippen molar-refractivity contribution in [2.24, 2.45) is 34.5 Å². The van der Waals surface area contributed by atoms with E-state index < -0.39 is 0 Å². The third-order valence-corrected chi connectivity index (χ3v) is 8.32. The summed E-state index contributed by atoms with van der Waals surface area (Å²) in [6, 6.07) is 0.410. The Labute approximate surface area is 135 Å². The third kappa shape index (κ3) is 1.70. The zero-order valence-corrected chi connectivity index (χ0v) is 14.3. The van der Waals surface area contributed by atoms with Crippen molar-refractivity contribution in [2.45, 2.75) is 58.4 Å². The van der Waals surface area contributed by atoms with Crippen molar-refractivity contribution < 1.29 is 4.79 Å². The minimum absolute atomic E-state index is 0.187. The summed E-state index contributed by atoms with van der Waals surface area (Å²) in [5.74, 6) is 3.30. The van der Waals surface area contributed by atoms with Crippen molar-refractivity contribution in [3.63, 3.8) is 0 Å². The van der Waals surface area contributed by atoms with Gasteiger partial charge in [0.2, 0.25) is 5.91 Å². The summed E-state index contributed by atoms with van der Waals surface area (Å²) in [4.78, 5) is 14.1. The van der Waals surface area contributed by atoms with Crippen LogP contribution in [-0.4, -0.2) is 23.9 Å². The Balaban J connectivity index is 1.70. The van der Waals surface area contributed by atoms with E-state index in [2.05, 4.69) is 26.8 Å². The van der Waals surface area contributed by atoms with Gasteiger partial charge in [0, 0.05) is 18.5 Å². The van der Waals surface area contributed by atoms with Gasteiger partial charge in [0.05, 0.1) is 0 Å². The van der Waals surface area contributed by atoms with Gasteiger partial charge in [0.1, 0.15) is 0 Å². The first-order valence-electron chi connectivity index (χ1n) is 9.17. The molecule has 4 rings (SSSR count). The van der Waals surface area contributed by atoms with Crippen molar-refractivity contribution in [1.82, 2.24) is 4.90 Å². The summed E-state index contributed by atoms with van der Waals surface area (Å²) in [7, 11) is 2.00. The molecule has 0 aromatic rings. The molecule has 3 fully saturated rings. The molecule has 0 N–H and O–H groups in total. The summed E-state index contributed by atoms with van der Waals surface area (Å²) >= 11 is 0. The lowest BCUT2D eigenvalue weighted by Gasteiger charge is -2.60. The fourth-order valence-electron chi connectivity index (χ4n) is 6.85. The highest BCUT2D eigenvalue weighted by molar-refractivity contribution is 5.89. The molecule has 0 bridgehead atoms. The van der Waals surface area contributed by atoms with Crippen LogP contribution in [0.3, 0.4) is 0 Å². The standard InChI is InChI=1S/C20H30NO/c1-13-5-7-15-14-6-8-17-20(3,12-10-18(22)21(17)4)16(14)9-11-19(13,15)2/h10,12-17H,1,5-9,11H2,2-4H3/q-1/t13?,14?,15?,16?,17-,19?,20?/m1/s1. The maximum absolute atomic E-state index is 12.1. The van der Waals surface area contributed by atoms with Gasteiger partial charge in [-0.05, 0) is 49.5 Å². The lowest BCUT2D eigenvalue weighted by Crippen LogP contribution is -2.59. The summed E-state index contributed by atoms with van der Waals surface area (Å²) < 4.78 is 0. The second-order valence-corrected chi connectivity index (χ2v) is 8.94. The monoisotopic (exact) mass is 300 g/mol. The third-order valence-electron chi connectivity index (χ3n) is 8.32. The molecule has 0 spiro atoms. The van der Waals surface area contributed by atoms with Crippen LogP contribution in [0.2, 0.25) is 0 Å². The molecule has 4 aliphatic rings. The summed E-state index contributed by atoms with van der Waals surface area (Å²) in [5.41, 5.74) is 0.663. The van der Waals surface area contributed by atoms with Gasteiger partial charge in [-0.1, -0.05) is 38.2 Å². The van der Waals surface area contributed by atoms with Gasteiger partial charge in [-0.15, -0.1) is 0 Å². The van der Waals surface area contributed by atoms with Crippen LogP contribution < -0.4 is 0 Å². The van der Waals surface area contributed by atoms with E-state index in [1.165, 1.54) is 38.5 Å². The Kier molecular flexibility index (Phi) is 3.10. The molecule has 3 aliphatic carbocycles. The van der Waals surface area contributed by atoms with Gasteiger partial charge in [-0.3, -0.25) is 4.79 Å². The predicted molar refractivity (Wildman–Crippen MR) is 88.9 cm³/mol. The maximum atomic E-state index is 12.1. The minimum atomic E-state index is 0.187. The average Bonchev–Trinajstić information content (AvgIpc) is 2.79. The van der Waals surface area contributed by atoms with Crippen LogP contribution in [0, 0.1) is 41.4 Å². The van der Waals surface area contributed by atoms with E-state index in [4.69, 9.17) is 0 Å². The lowest BCUT2D eigenvalue weighted by atomic mass is 9.48. The molecule has 0 aromatic heterocycles. The second kappa shape index (κ2) is 4.61. The number of hydrogen-bond acceptors (Lipinski definition) is 1. The zero-order chi connectivity index (χ0) is 15.7. The van der Waals surface area contributed by atoms with E-state index in [1.807, 2.05) is 18.0 Å². The molecule has 1 aliphatic heterocycles. The van der Waals surface area contributed by atoms with E-state index in [0.29, 0.717) is 17.4 Å². The van der Waals surface area contributed by atoms with Crippen molar-refractivity contribution in [3.05, 3.63) is 19.1 Å². The van der Waals surface area contributed by atoms with E-state index in [0.717, 1.165) is 17.8 Å². The van der Waals surface area contributed by atoms with Gasteiger partial charge < -0.3 is 11.8 Å². The number of fused-ring (bicyclic) bond motifs is 5. The molecule has 1 heterocycles. The lowest BCUT2D eigenvalue weighted by molar-refractivity contribution is -0.138. The number of rotatable bonds is 0. The van der Waals surface area contributed by atoms with Crippen molar-refractivity contribution in [3.8, 4) is 0 Å². The van der Waals surface area contributed by atoms with Gasteiger partial charge in [-0.25, -0.2) is 0 Å². The highest BCUT2D eigenvalue weighted by Gasteiger charge is 2.58. The number of amides is 1. The van der Waals surface area contributed by atoms with Crippen molar-refractivity contribution in [2.75, 3.05) is 7.05 Å². The van der Waals surface area contributed by atoms with Crippen LogP contribution in [-0.2, 0) is 4.79 Å². The first-order chi connectivity index (χ1) is 10.4. The van der Waals surface area contributed by atoms with Gasteiger partial charge in [-0.2, -0.15) is 5.92 Å². The van der Waals surface area contributed by atoms with Crippen LogP contribution in [0.15, 0.2) is 12.2 Å². The average molecular weight is 300 g/mol. The molecule has 2 heteroatoms. The molecule has 3 saturated carbocycles. The van der Waals surface area contributed by atoms with E-state index in [1.54, 1.807) is 0 Å². The normalized spacial score (nSPS) is 53.9. The molecule has 6 unspecified atom stereocenters. The zero-order valence-electron chi connectivity index (χ0n) is 14.3. The van der Waals surface area contributed by atoms with Crippen LogP contribution >= 0.6 is 0 Å². The van der Waals surface area contributed by atoms with E-state index in [9.17, 15) is 4.79 Å². The van der Waals surface area contributed by atoms with E-state index in [-0.39, 0.29) is 11.3 Å². The number of nitrogens with zero attached hydrogens (tertiary/aromatic N) is 1. The molecular formula is C20H30NO-. The Hall–Kier alpha value is -0.790. The first kappa shape index (κ1) is 14.8. The molecule has 0 saturated heterocycles. The maximum Gasteiger partial charge on any atom is 0.246 e. The fraction of sp³-hybridized carbons (Fsp3) is 0.800. The first-order valence-corrected chi connectivity index (χ1v) is 9.17. The van der Waals surface area contributed by atoms with Gasteiger partial charge in [0.15, 0.2) is 0 Å². The topological polar surface area (TPSA) is 20.3 Å². The predicted octanol–water partition coefficient (Wildman–Crippen LogP) is 4.08. The number of likely N-dealkylation sites (N-methyl/N-ethyl adjacent to an activating group) is 1. The highest BCUT2D eigenvalue weighted by Crippen LogP contribution is 2.65. The fourth-order valence-corrected chi connectivity index (χ4v) is 6.85. The number of carbonyl (C=O) groups excluding carboxylic acids is 1. The molecule has 122 valence electrons. The Morgan fingerprint density at radius 2 is 1.91 bits per heavy atom. The molecule has 0 radical (unpaired) electrons. The largest absolute Gasteiger partial charge is 0.340 e. The van der Waals surface area contributed by atoms with Crippen LogP contribution in [0.4, 0.5) is 0 Å². The van der Waals surface area contributed by atoms with Gasteiger partial charge >= 0.3 is 0 Å². The summed E-state index contributed by atoms with van der Waals surface area (Å²) in [6.07, 6.45) is 12.0. The molecular weight excluding hydrogens is 270 g/mol. The molecule has 22 heavy (non-hydrogen) atoms. The van der Waals surface area contributed by atoms with Gasteiger partial charge in [0.25, 0.3) is 0 Å². The summed E-state index contributed by atoms with van der Waals surface area (Å²) in [6.45, 7) is 9.42. The molecule has 7 atom stereocenters.